The van der Waals surface area contributed by atoms with Crippen LogP contribution in [0.1, 0.15) is 23.7 Å². The monoisotopic (exact) mass is 264 g/mol. The van der Waals surface area contributed by atoms with Gasteiger partial charge < -0.3 is 15.0 Å². The molecule has 0 aromatic heterocycles. The predicted molar refractivity (Wildman–Crippen MR) is 74.4 cm³/mol. The van der Waals surface area contributed by atoms with Crippen LogP contribution < -0.4 is 10.2 Å². The van der Waals surface area contributed by atoms with E-state index in [0.717, 1.165) is 5.69 Å². The minimum Gasteiger partial charge on any atom is -0.465 e. The number of carbonyl (C=O) groups is 2. The van der Waals surface area contributed by atoms with Crippen molar-refractivity contribution in [2.45, 2.75) is 13.3 Å². The topological polar surface area (TPSA) is 58.6 Å². The van der Waals surface area contributed by atoms with E-state index < -0.39 is 0 Å². The second kappa shape index (κ2) is 7.41. The number of amides is 1. The molecule has 0 atom stereocenters. The Morgan fingerprint density at radius 1 is 1.32 bits per heavy atom. The maximum Gasteiger partial charge on any atom is 0.339 e. The average Bonchev–Trinajstić information content (AvgIpc) is 2.44. The van der Waals surface area contributed by atoms with Gasteiger partial charge in [-0.1, -0.05) is 12.1 Å². The molecule has 104 valence electrons. The number of anilines is 1. The first-order valence-corrected chi connectivity index (χ1v) is 6.25. The number of ether oxygens (including phenoxy) is 1. The van der Waals surface area contributed by atoms with Crippen LogP contribution in [0.25, 0.3) is 0 Å². The second-order valence-corrected chi connectivity index (χ2v) is 4.13. The van der Waals surface area contributed by atoms with E-state index in [0.29, 0.717) is 25.1 Å². The van der Waals surface area contributed by atoms with Gasteiger partial charge in [-0.25, -0.2) is 4.79 Å². The number of carbonyl (C=O) groups excluding carboxylic acids is 2. The van der Waals surface area contributed by atoms with Crippen molar-refractivity contribution >= 4 is 17.6 Å². The number of hydrogen-bond acceptors (Lipinski definition) is 4. The summed E-state index contributed by atoms with van der Waals surface area (Å²) in [4.78, 5) is 25.0. The van der Waals surface area contributed by atoms with Crippen molar-refractivity contribution in [1.29, 1.82) is 0 Å². The van der Waals surface area contributed by atoms with Gasteiger partial charge >= 0.3 is 5.97 Å². The lowest BCUT2D eigenvalue weighted by Crippen LogP contribution is -2.29. The van der Waals surface area contributed by atoms with Crippen molar-refractivity contribution in [2.24, 2.45) is 0 Å². The standard InChI is InChI=1S/C14H20N2O3/c1-4-15-13(17)9-10-16(2)12-8-6-5-7-11(12)14(18)19-3/h5-8H,4,9-10H2,1-3H3,(H,15,17). The number of nitrogens with one attached hydrogen (secondary N) is 1. The number of benzene rings is 1. The molecule has 5 nitrogen and oxygen atoms in total. The fraction of sp³-hybridized carbons (Fsp3) is 0.429. The molecular formula is C14H20N2O3. The van der Waals surface area contributed by atoms with Crippen LogP contribution in [0.15, 0.2) is 24.3 Å². The van der Waals surface area contributed by atoms with E-state index in [1.165, 1.54) is 7.11 Å². The largest absolute Gasteiger partial charge is 0.465 e. The zero-order valence-corrected chi connectivity index (χ0v) is 11.6. The molecule has 1 N–H and O–H groups in total. The summed E-state index contributed by atoms with van der Waals surface area (Å²) in [5, 5.41) is 2.74. The second-order valence-electron chi connectivity index (χ2n) is 4.13. The lowest BCUT2D eigenvalue weighted by Gasteiger charge is -2.21. The molecule has 1 aromatic rings. The molecule has 1 amide bonds. The lowest BCUT2D eigenvalue weighted by atomic mass is 10.1. The molecule has 0 saturated heterocycles. The summed E-state index contributed by atoms with van der Waals surface area (Å²) >= 11 is 0. The van der Waals surface area contributed by atoms with Crippen LogP contribution in [-0.2, 0) is 9.53 Å². The van der Waals surface area contributed by atoms with E-state index in [2.05, 4.69) is 5.32 Å². The maximum absolute atomic E-state index is 11.7. The van der Waals surface area contributed by atoms with Crippen molar-refractivity contribution in [2.75, 3.05) is 32.1 Å². The molecule has 0 saturated carbocycles. The fourth-order valence-electron chi connectivity index (χ4n) is 1.76. The van der Waals surface area contributed by atoms with Gasteiger partial charge in [-0.15, -0.1) is 0 Å². The molecule has 0 radical (unpaired) electrons. The van der Waals surface area contributed by atoms with Gasteiger partial charge in [0.15, 0.2) is 0 Å². The van der Waals surface area contributed by atoms with E-state index in [4.69, 9.17) is 4.74 Å². The summed E-state index contributed by atoms with van der Waals surface area (Å²) in [6.07, 6.45) is 0.389. The predicted octanol–water partition coefficient (Wildman–Crippen LogP) is 1.44. The Morgan fingerprint density at radius 3 is 2.63 bits per heavy atom. The van der Waals surface area contributed by atoms with Gasteiger partial charge in [0.05, 0.1) is 18.4 Å². The van der Waals surface area contributed by atoms with Crippen LogP contribution in [0.2, 0.25) is 0 Å². The van der Waals surface area contributed by atoms with Gasteiger partial charge in [0.2, 0.25) is 5.91 Å². The zero-order valence-electron chi connectivity index (χ0n) is 11.6. The van der Waals surface area contributed by atoms with Gasteiger partial charge in [-0.05, 0) is 19.1 Å². The molecule has 5 heteroatoms. The number of esters is 1. The third-order valence-electron chi connectivity index (χ3n) is 2.77. The van der Waals surface area contributed by atoms with Gasteiger partial charge in [0.1, 0.15) is 0 Å². The molecular weight excluding hydrogens is 244 g/mol. The first-order valence-electron chi connectivity index (χ1n) is 6.25. The normalized spacial score (nSPS) is 9.84. The SMILES string of the molecule is CCNC(=O)CCN(C)c1ccccc1C(=O)OC. The van der Waals surface area contributed by atoms with Crippen molar-refractivity contribution in [3.63, 3.8) is 0 Å². The summed E-state index contributed by atoms with van der Waals surface area (Å²) in [7, 11) is 3.20. The molecule has 0 bridgehead atoms. The van der Waals surface area contributed by atoms with Gasteiger partial charge in [0.25, 0.3) is 0 Å². The number of para-hydroxylation sites is 1. The quantitative estimate of drug-likeness (QED) is 0.790. The van der Waals surface area contributed by atoms with E-state index in [1.54, 1.807) is 12.1 Å². The minimum absolute atomic E-state index is 0.00454. The average molecular weight is 264 g/mol. The van der Waals surface area contributed by atoms with Crippen molar-refractivity contribution < 1.29 is 14.3 Å². The Kier molecular flexibility index (Phi) is 5.85. The molecule has 0 spiro atoms. The van der Waals surface area contributed by atoms with Gasteiger partial charge in [-0.3, -0.25) is 4.79 Å². The Labute approximate surface area is 113 Å². The van der Waals surface area contributed by atoms with E-state index in [-0.39, 0.29) is 11.9 Å². The zero-order chi connectivity index (χ0) is 14.3. The van der Waals surface area contributed by atoms with Gasteiger partial charge in [-0.2, -0.15) is 0 Å². The smallest absolute Gasteiger partial charge is 0.339 e. The van der Waals surface area contributed by atoms with Crippen molar-refractivity contribution in [3.8, 4) is 0 Å². The molecule has 0 heterocycles. The molecule has 0 unspecified atom stereocenters. The highest BCUT2D eigenvalue weighted by molar-refractivity contribution is 5.95. The minimum atomic E-state index is -0.375. The van der Waals surface area contributed by atoms with Crippen LogP contribution in [-0.4, -0.2) is 39.1 Å². The highest BCUT2D eigenvalue weighted by Gasteiger charge is 2.14. The highest BCUT2D eigenvalue weighted by atomic mass is 16.5. The molecule has 0 aliphatic carbocycles. The number of rotatable bonds is 6. The van der Waals surface area contributed by atoms with Crippen LogP contribution in [0.4, 0.5) is 5.69 Å². The Hall–Kier alpha value is -2.04. The van der Waals surface area contributed by atoms with Crippen molar-refractivity contribution in [1.82, 2.24) is 5.32 Å². The first-order chi connectivity index (χ1) is 9.10. The number of nitrogens with zero attached hydrogens (tertiary/aromatic N) is 1. The van der Waals surface area contributed by atoms with E-state index in [9.17, 15) is 9.59 Å². The Morgan fingerprint density at radius 2 is 2.00 bits per heavy atom. The highest BCUT2D eigenvalue weighted by Crippen LogP contribution is 2.20. The van der Waals surface area contributed by atoms with Crippen LogP contribution in [0.3, 0.4) is 0 Å². The first kappa shape index (κ1) is 15.0. The number of hydrogen-bond donors (Lipinski definition) is 1. The summed E-state index contributed by atoms with van der Waals surface area (Å²) in [5.74, 6) is -0.370. The Bertz CT molecular complexity index is 446. The lowest BCUT2D eigenvalue weighted by molar-refractivity contribution is -0.120. The molecule has 0 aliphatic rings. The third kappa shape index (κ3) is 4.28. The van der Waals surface area contributed by atoms with E-state index in [1.807, 2.05) is 31.0 Å². The fourth-order valence-corrected chi connectivity index (χ4v) is 1.76. The summed E-state index contributed by atoms with van der Waals surface area (Å²) in [6, 6.07) is 7.19. The maximum atomic E-state index is 11.7. The molecule has 19 heavy (non-hydrogen) atoms. The number of methoxy groups -OCH3 is 1. The van der Waals surface area contributed by atoms with Crippen LogP contribution >= 0.6 is 0 Å². The molecule has 0 aliphatic heterocycles. The Balaban J connectivity index is 2.74. The van der Waals surface area contributed by atoms with Crippen LogP contribution in [0.5, 0.6) is 0 Å². The molecule has 1 rings (SSSR count). The third-order valence-corrected chi connectivity index (χ3v) is 2.77. The van der Waals surface area contributed by atoms with E-state index >= 15 is 0 Å². The van der Waals surface area contributed by atoms with Crippen molar-refractivity contribution in [3.05, 3.63) is 29.8 Å². The van der Waals surface area contributed by atoms with Crippen LogP contribution in [0, 0.1) is 0 Å². The molecule has 0 fully saturated rings. The summed E-state index contributed by atoms with van der Waals surface area (Å²) < 4.78 is 4.75. The molecule has 1 aromatic carbocycles. The summed E-state index contributed by atoms with van der Waals surface area (Å²) in [5.41, 5.74) is 1.27. The summed E-state index contributed by atoms with van der Waals surface area (Å²) in [6.45, 7) is 3.05. The van der Waals surface area contributed by atoms with Gasteiger partial charge in [0, 0.05) is 26.6 Å².